The Morgan fingerprint density at radius 2 is 2.31 bits per heavy atom. The SMILES string of the molecule is CCC(C)[C@H](N)C(=O)NC1CCCC1C#N. The summed E-state index contributed by atoms with van der Waals surface area (Å²) in [7, 11) is 0. The van der Waals surface area contributed by atoms with Gasteiger partial charge in [0.05, 0.1) is 18.0 Å². The van der Waals surface area contributed by atoms with Crippen molar-refractivity contribution in [2.75, 3.05) is 0 Å². The minimum absolute atomic E-state index is 0.00704. The van der Waals surface area contributed by atoms with Crippen molar-refractivity contribution in [3.8, 4) is 6.07 Å². The molecule has 0 bridgehead atoms. The lowest BCUT2D eigenvalue weighted by Crippen LogP contribution is -2.49. The van der Waals surface area contributed by atoms with Gasteiger partial charge in [-0.15, -0.1) is 0 Å². The molecule has 1 saturated carbocycles. The molecule has 0 aliphatic heterocycles. The predicted octanol–water partition coefficient (Wildman–Crippen LogP) is 1.17. The number of nitriles is 1. The van der Waals surface area contributed by atoms with E-state index >= 15 is 0 Å². The average Bonchev–Trinajstić information content (AvgIpc) is 2.74. The Hall–Kier alpha value is -1.08. The quantitative estimate of drug-likeness (QED) is 0.750. The van der Waals surface area contributed by atoms with E-state index in [1.807, 2.05) is 13.8 Å². The Labute approximate surface area is 97.2 Å². The Morgan fingerprint density at radius 1 is 1.62 bits per heavy atom. The van der Waals surface area contributed by atoms with Gasteiger partial charge in [0.15, 0.2) is 0 Å². The number of amides is 1. The van der Waals surface area contributed by atoms with E-state index in [1.54, 1.807) is 0 Å². The van der Waals surface area contributed by atoms with Crippen LogP contribution < -0.4 is 11.1 Å². The van der Waals surface area contributed by atoms with E-state index in [-0.39, 0.29) is 23.8 Å². The molecule has 1 fully saturated rings. The van der Waals surface area contributed by atoms with E-state index in [4.69, 9.17) is 11.0 Å². The van der Waals surface area contributed by atoms with Gasteiger partial charge in [-0.25, -0.2) is 0 Å². The summed E-state index contributed by atoms with van der Waals surface area (Å²) in [6.07, 6.45) is 3.69. The van der Waals surface area contributed by atoms with Crippen LogP contribution >= 0.6 is 0 Å². The standard InChI is InChI=1S/C12H21N3O/c1-3-8(2)11(14)12(16)15-10-6-4-5-9(10)7-13/h8-11H,3-6,14H2,1-2H3,(H,15,16)/t8?,9?,10?,11-/m0/s1. The molecule has 1 rings (SSSR count). The molecule has 1 amide bonds. The van der Waals surface area contributed by atoms with Crippen LogP contribution in [0.4, 0.5) is 0 Å². The van der Waals surface area contributed by atoms with E-state index < -0.39 is 6.04 Å². The van der Waals surface area contributed by atoms with Gasteiger partial charge in [-0.2, -0.15) is 5.26 Å². The van der Waals surface area contributed by atoms with Crippen molar-refractivity contribution >= 4 is 5.91 Å². The first-order valence-electron chi connectivity index (χ1n) is 6.05. The summed E-state index contributed by atoms with van der Waals surface area (Å²) >= 11 is 0. The van der Waals surface area contributed by atoms with Crippen LogP contribution in [-0.2, 0) is 4.79 Å². The van der Waals surface area contributed by atoms with Crippen LogP contribution in [0.3, 0.4) is 0 Å². The maximum atomic E-state index is 11.8. The second kappa shape index (κ2) is 5.86. The van der Waals surface area contributed by atoms with E-state index in [0.29, 0.717) is 0 Å². The van der Waals surface area contributed by atoms with Gasteiger partial charge in [0, 0.05) is 6.04 Å². The van der Waals surface area contributed by atoms with Gasteiger partial charge in [-0.3, -0.25) is 4.79 Å². The fraction of sp³-hybridized carbons (Fsp3) is 0.833. The van der Waals surface area contributed by atoms with Crippen LogP contribution in [-0.4, -0.2) is 18.0 Å². The maximum absolute atomic E-state index is 11.8. The molecule has 0 aromatic heterocycles. The fourth-order valence-electron chi connectivity index (χ4n) is 2.08. The third-order valence-electron chi connectivity index (χ3n) is 3.57. The summed E-state index contributed by atoms with van der Waals surface area (Å²) in [5.41, 5.74) is 5.84. The highest BCUT2D eigenvalue weighted by molar-refractivity contribution is 5.82. The molecule has 3 unspecified atom stereocenters. The summed E-state index contributed by atoms with van der Waals surface area (Å²) in [5, 5.41) is 11.8. The molecule has 0 radical (unpaired) electrons. The third-order valence-corrected chi connectivity index (χ3v) is 3.57. The molecule has 3 N–H and O–H groups in total. The number of hydrogen-bond acceptors (Lipinski definition) is 3. The number of rotatable bonds is 4. The molecule has 4 nitrogen and oxygen atoms in total. The second-order valence-electron chi connectivity index (χ2n) is 4.69. The minimum Gasteiger partial charge on any atom is -0.351 e. The molecular weight excluding hydrogens is 202 g/mol. The zero-order chi connectivity index (χ0) is 12.1. The zero-order valence-electron chi connectivity index (χ0n) is 10.1. The van der Waals surface area contributed by atoms with Crippen molar-refractivity contribution in [2.24, 2.45) is 17.6 Å². The molecule has 0 heterocycles. The van der Waals surface area contributed by atoms with Crippen molar-refractivity contribution in [1.29, 1.82) is 5.26 Å². The number of carbonyl (C=O) groups excluding carboxylic acids is 1. The summed E-state index contributed by atoms with van der Waals surface area (Å²) < 4.78 is 0. The predicted molar refractivity (Wildman–Crippen MR) is 62.3 cm³/mol. The van der Waals surface area contributed by atoms with E-state index in [0.717, 1.165) is 25.7 Å². The van der Waals surface area contributed by atoms with E-state index in [1.165, 1.54) is 0 Å². The van der Waals surface area contributed by atoms with Gasteiger partial charge >= 0.3 is 0 Å². The van der Waals surface area contributed by atoms with Crippen molar-refractivity contribution in [2.45, 2.75) is 51.6 Å². The Bertz CT molecular complexity index is 284. The lowest BCUT2D eigenvalue weighted by Gasteiger charge is -2.22. The molecule has 0 spiro atoms. The van der Waals surface area contributed by atoms with Crippen LogP contribution in [0.5, 0.6) is 0 Å². The molecule has 0 saturated heterocycles. The number of nitrogens with two attached hydrogens (primary N) is 1. The van der Waals surface area contributed by atoms with Gasteiger partial charge in [0.2, 0.25) is 5.91 Å². The summed E-state index contributed by atoms with van der Waals surface area (Å²) in [6, 6.07) is 1.80. The van der Waals surface area contributed by atoms with Crippen molar-refractivity contribution in [3.05, 3.63) is 0 Å². The van der Waals surface area contributed by atoms with Gasteiger partial charge in [0.1, 0.15) is 0 Å². The van der Waals surface area contributed by atoms with Gasteiger partial charge in [-0.05, 0) is 25.2 Å². The summed E-state index contributed by atoms with van der Waals surface area (Å²) in [6.45, 7) is 3.99. The topological polar surface area (TPSA) is 78.9 Å². The van der Waals surface area contributed by atoms with Crippen molar-refractivity contribution in [3.63, 3.8) is 0 Å². The Balaban J connectivity index is 2.48. The summed E-state index contributed by atoms with van der Waals surface area (Å²) in [5.74, 6) is 0.0384. The molecule has 0 aromatic rings. The highest BCUT2D eigenvalue weighted by atomic mass is 16.2. The van der Waals surface area contributed by atoms with Crippen LogP contribution in [0.15, 0.2) is 0 Å². The number of nitrogens with one attached hydrogen (secondary N) is 1. The Kier molecular flexibility index (Phi) is 4.75. The molecule has 16 heavy (non-hydrogen) atoms. The van der Waals surface area contributed by atoms with Crippen molar-refractivity contribution in [1.82, 2.24) is 5.32 Å². The van der Waals surface area contributed by atoms with Gasteiger partial charge < -0.3 is 11.1 Å². The molecule has 1 aliphatic carbocycles. The van der Waals surface area contributed by atoms with Gasteiger partial charge in [0.25, 0.3) is 0 Å². The van der Waals surface area contributed by atoms with Crippen molar-refractivity contribution < 1.29 is 4.79 Å². The lowest BCUT2D eigenvalue weighted by atomic mass is 9.98. The normalized spacial score (nSPS) is 28.1. The lowest BCUT2D eigenvalue weighted by molar-refractivity contribution is -0.124. The van der Waals surface area contributed by atoms with Crippen LogP contribution in [0.2, 0.25) is 0 Å². The first-order chi connectivity index (χ1) is 7.60. The highest BCUT2D eigenvalue weighted by Gasteiger charge is 2.30. The fourth-order valence-corrected chi connectivity index (χ4v) is 2.08. The monoisotopic (exact) mass is 223 g/mol. The molecular formula is C12H21N3O. The largest absolute Gasteiger partial charge is 0.351 e. The number of hydrogen-bond donors (Lipinski definition) is 2. The number of carbonyl (C=O) groups is 1. The van der Waals surface area contributed by atoms with E-state index in [9.17, 15) is 4.79 Å². The maximum Gasteiger partial charge on any atom is 0.237 e. The Morgan fingerprint density at radius 3 is 2.88 bits per heavy atom. The molecule has 90 valence electrons. The smallest absolute Gasteiger partial charge is 0.237 e. The summed E-state index contributed by atoms with van der Waals surface area (Å²) in [4.78, 5) is 11.8. The van der Waals surface area contributed by atoms with E-state index in [2.05, 4.69) is 11.4 Å². The first-order valence-corrected chi connectivity index (χ1v) is 6.05. The second-order valence-corrected chi connectivity index (χ2v) is 4.69. The highest BCUT2D eigenvalue weighted by Crippen LogP contribution is 2.25. The first kappa shape index (κ1) is 13.0. The average molecular weight is 223 g/mol. The van der Waals surface area contributed by atoms with Crippen LogP contribution in [0.1, 0.15) is 39.5 Å². The third kappa shape index (κ3) is 2.96. The number of nitrogens with zero attached hydrogens (tertiary/aromatic N) is 1. The molecule has 1 aliphatic rings. The van der Waals surface area contributed by atoms with Gasteiger partial charge in [-0.1, -0.05) is 20.3 Å². The molecule has 0 aromatic carbocycles. The van der Waals surface area contributed by atoms with Crippen LogP contribution in [0.25, 0.3) is 0 Å². The minimum atomic E-state index is -0.454. The van der Waals surface area contributed by atoms with Crippen LogP contribution in [0, 0.1) is 23.2 Å². The molecule has 4 atom stereocenters. The molecule has 4 heteroatoms. The zero-order valence-corrected chi connectivity index (χ0v) is 10.1.